The molecule has 178 valence electrons. The van der Waals surface area contributed by atoms with Crippen LogP contribution < -0.4 is 14.2 Å². The third-order valence-corrected chi connectivity index (χ3v) is 6.89. The number of sulfonamides is 1. The van der Waals surface area contributed by atoms with Gasteiger partial charge in [0.15, 0.2) is 17.6 Å². The quantitative estimate of drug-likeness (QED) is 0.294. The van der Waals surface area contributed by atoms with Gasteiger partial charge >= 0.3 is 5.97 Å². The molecule has 5 rings (SSSR count). The summed E-state index contributed by atoms with van der Waals surface area (Å²) in [5.41, 5.74) is 1.48. The molecule has 1 aromatic heterocycles. The minimum Gasteiger partial charge on any atom is -0.454 e. The number of rotatable bonds is 7. The van der Waals surface area contributed by atoms with Crippen molar-refractivity contribution >= 4 is 38.4 Å². The fourth-order valence-corrected chi connectivity index (χ4v) is 4.84. The zero-order chi connectivity index (χ0) is 24.6. The molecule has 0 fully saturated rings. The molecule has 0 bridgehead atoms. The largest absolute Gasteiger partial charge is 0.454 e. The summed E-state index contributed by atoms with van der Waals surface area (Å²) in [6, 6.07) is 17.3. The third kappa shape index (κ3) is 4.43. The maximum Gasteiger partial charge on any atom is 0.338 e. The number of hydrogen-bond acceptors (Lipinski definition) is 7. The molecule has 0 amide bonds. The molecular weight excluding hydrogens is 472 g/mol. The van der Waals surface area contributed by atoms with Crippen molar-refractivity contribution in [2.75, 3.05) is 11.5 Å². The normalized spacial score (nSPS) is 13.4. The lowest BCUT2D eigenvalue weighted by Gasteiger charge is -2.13. The highest BCUT2D eigenvalue weighted by Crippen LogP contribution is 2.35. The lowest BCUT2D eigenvalue weighted by Crippen LogP contribution is -2.24. The Kier molecular flexibility index (Phi) is 5.65. The van der Waals surface area contributed by atoms with Gasteiger partial charge in [0, 0.05) is 28.7 Å². The van der Waals surface area contributed by atoms with E-state index < -0.39 is 22.1 Å². The molecule has 9 nitrogen and oxygen atoms in total. The standard InChI is InChI=1S/C25H20N2O7S/c1-15(24(28)20-13-26-21-8-3-2-7-19(20)21)34-25(29)16-5-4-6-18(11-16)35(30,31)27-17-9-10-22-23(12-17)33-14-32-22/h2-13,15,26-27H,14H2,1H3/t15-/m0/s1. The van der Waals surface area contributed by atoms with Gasteiger partial charge in [0.05, 0.1) is 16.1 Å². The van der Waals surface area contributed by atoms with Crippen LogP contribution in [0.4, 0.5) is 5.69 Å². The number of Topliss-reactive ketones (excluding diaryl/α,β-unsaturated/α-hetero) is 1. The number of H-pyrrole nitrogens is 1. The Morgan fingerprint density at radius 3 is 2.66 bits per heavy atom. The summed E-state index contributed by atoms with van der Waals surface area (Å²) >= 11 is 0. The van der Waals surface area contributed by atoms with Gasteiger partial charge in [0.1, 0.15) is 0 Å². The van der Waals surface area contributed by atoms with E-state index in [4.69, 9.17) is 14.2 Å². The molecule has 3 aromatic carbocycles. The van der Waals surface area contributed by atoms with Gasteiger partial charge in [-0.25, -0.2) is 13.2 Å². The molecule has 2 heterocycles. The molecule has 35 heavy (non-hydrogen) atoms. The number of para-hydroxylation sites is 1. The topological polar surface area (TPSA) is 124 Å². The molecule has 0 radical (unpaired) electrons. The lowest BCUT2D eigenvalue weighted by atomic mass is 10.1. The van der Waals surface area contributed by atoms with Crippen LogP contribution in [0.5, 0.6) is 11.5 Å². The van der Waals surface area contributed by atoms with Crippen LogP contribution in [-0.2, 0) is 14.8 Å². The highest BCUT2D eigenvalue weighted by Gasteiger charge is 2.24. The van der Waals surface area contributed by atoms with Gasteiger partial charge in [-0.2, -0.15) is 0 Å². The molecular formula is C25H20N2O7S. The van der Waals surface area contributed by atoms with Gasteiger partial charge in [0.25, 0.3) is 10.0 Å². The van der Waals surface area contributed by atoms with Gasteiger partial charge in [0.2, 0.25) is 12.6 Å². The Hall–Kier alpha value is -4.31. The second-order valence-electron chi connectivity index (χ2n) is 7.86. The average Bonchev–Trinajstić information content (AvgIpc) is 3.50. The van der Waals surface area contributed by atoms with Crippen molar-refractivity contribution in [3.8, 4) is 11.5 Å². The average molecular weight is 493 g/mol. The SMILES string of the molecule is C[C@H](OC(=O)c1cccc(S(=O)(=O)Nc2ccc3c(c2)OCO3)c1)C(=O)c1c[nH]c2ccccc12. The Labute approximate surface area is 200 Å². The van der Waals surface area contributed by atoms with E-state index in [0.29, 0.717) is 17.1 Å². The molecule has 0 saturated heterocycles. The van der Waals surface area contributed by atoms with Crippen molar-refractivity contribution < 1.29 is 32.2 Å². The van der Waals surface area contributed by atoms with Crippen molar-refractivity contribution in [1.29, 1.82) is 0 Å². The van der Waals surface area contributed by atoms with Crippen molar-refractivity contribution in [3.05, 3.63) is 84.1 Å². The van der Waals surface area contributed by atoms with Crippen LogP contribution in [0.25, 0.3) is 10.9 Å². The summed E-state index contributed by atoms with van der Waals surface area (Å²) < 4.78 is 44.1. The third-order valence-electron chi connectivity index (χ3n) is 5.51. The number of aromatic nitrogens is 1. The maximum atomic E-state index is 12.9. The molecule has 0 aliphatic carbocycles. The summed E-state index contributed by atoms with van der Waals surface area (Å²) in [5.74, 6) is -0.236. The number of carbonyl (C=O) groups excluding carboxylic acids is 2. The molecule has 1 aliphatic rings. The fourth-order valence-electron chi connectivity index (χ4n) is 3.74. The number of anilines is 1. The van der Waals surface area contributed by atoms with Crippen LogP contribution in [-0.4, -0.2) is 38.1 Å². The van der Waals surface area contributed by atoms with E-state index in [-0.39, 0.29) is 28.7 Å². The summed E-state index contributed by atoms with van der Waals surface area (Å²) in [7, 11) is -4.02. The van der Waals surface area contributed by atoms with E-state index in [1.165, 1.54) is 37.3 Å². The van der Waals surface area contributed by atoms with Gasteiger partial charge in [-0.3, -0.25) is 9.52 Å². The smallest absolute Gasteiger partial charge is 0.338 e. The van der Waals surface area contributed by atoms with E-state index in [0.717, 1.165) is 10.9 Å². The lowest BCUT2D eigenvalue weighted by molar-refractivity contribution is 0.0319. The zero-order valence-electron chi connectivity index (χ0n) is 18.5. The highest BCUT2D eigenvalue weighted by molar-refractivity contribution is 7.92. The molecule has 2 N–H and O–H groups in total. The molecule has 1 aliphatic heterocycles. The number of carbonyl (C=O) groups is 2. The molecule has 10 heteroatoms. The van der Waals surface area contributed by atoms with Crippen molar-refractivity contribution in [3.63, 3.8) is 0 Å². The van der Waals surface area contributed by atoms with Crippen LogP contribution in [0.15, 0.2) is 77.8 Å². The van der Waals surface area contributed by atoms with E-state index >= 15 is 0 Å². The number of nitrogens with one attached hydrogen (secondary N) is 2. The van der Waals surface area contributed by atoms with E-state index in [2.05, 4.69) is 9.71 Å². The summed E-state index contributed by atoms with van der Waals surface area (Å²) in [5, 5.41) is 0.725. The monoisotopic (exact) mass is 492 g/mol. The summed E-state index contributed by atoms with van der Waals surface area (Å²) in [6.45, 7) is 1.54. The predicted molar refractivity (Wildman–Crippen MR) is 127 cm³/mol. The van der Waals surface area contributed by atoms with Crippen LogP contribution >= 0.6 is 0 Å². The van der Waals surface area contributed by atoms with Crippen LogP contribution in [0.1, 0.15) is 27.6 Å². The minimum atomic E-state index is -4.02. The van der Waals surface area contributed by atoms with Crippen molar-refractivity contribution in [2.45, 2.75) is 17.9 Å². The zero-order valence-corrected chi connectivity index (χ0v) is 19.3. The molecule has 0 spiro atoms. The molecule has 0 saturated carbocycles. The van der Waals surface area contributed by atoms with Crippen LogP contribution in [0.2, 0.25) is 0 Å². The van der Waals surface area contributed by atoms with E-state index in [1.54, 1.807) is 24.4 Å². The van der Waals surface area contributed by atoms with Crippen molar-refractivity contribution in [1.82, 2.24) is 4.98 Å². The first-order valence-corrected chi connectivity index (χ1v) is 12.1. The van der Waals surface area contributed by atoms with E-state index in [1.807, 2.05) is 18.2 Å². The first kappa shape index (κ1) is 22.5. The van der Waals surface area contributed by atoms with Gasteiger partial charge in [-0.05, 0) is 43.3 Å². The predicted octanol–water partition coefficient (Wildman–Crippen LogP) is 4.13. The first-order chi connectivity index (χ1) is 16.8. The van der Waals surface area contributed by atoms with Gasteiger partial charge in [-0.15, -0.1) is 0 Å². The highest BCUT2D eigenvalue weighted by atomic mass is 32.2. The number of esters is 1. The van der Waals surface area contributed by atoms with Crippen LogP contribution in [0, 0.1) is 0 Å². The van der Waals surface area contributed by atoms with Gasteiger partial charge < -0.3 is 19.2 Å². The molecule has 0 unspecified atom stereocenters. The van der Waals surface area contributed by atoms with Crippen LogP contribution in [0.3, 0.4) is 0 Å². The summed E-state index contributed by atoms with van der Waals surface area (Å²) in [4.78, 5) is 28.5. The van der Waals surface area contributed by atoms with Gasteiger partial charge in [-0.1, -0.05) is 24.3 Å². The number of aromatic amines is 1. The number of ether oxygens (including phenoxy) is 3. The number of hydrogen-bond donors (Lipinski definition) is 2. The van der Waals surface area contributed by atoms with Crippen molar-refractivity contribution in [2.24, 2.45) is 0 Å². The Morgan fingerprint density at radius 2 is 1.80 bits per heavy atom. The number of fused-ring (bicyclic) bond motifs is 2. The maximum absolute atomic E-state index is 12.9. The Morgan fingerprint density at radius 1 is 1.00 bits per heavy atom. The Balaban J connectivity index is 1.31. The summed E-state index contributed by atoms with van der Waals surface area (Å²) in [6.07, 6.45) is 0.500. The number of benzene rings is 3. The second-order valence-corrected chi connectivity index (χ2v) is 9.54. The Bertz CT molecular complexity index is 1560. The van der Waals surface area contributed by atoms with E-state index in [9.17, 15) is 18.0 Å². The minimum absolute atomic E-state index is 0.00265. The first-order valence-electron chi connectivity index (χ1n) is 10.7. The fraction of sp³-hybridized carbons (Fsp3) is 0.120. The number of ketones is 1. The second kappa shape index (κ2) is 8.80. The molecule has 4 aromatic rings. The molecule has 1 atom stereocenters.